The van der Waals surface area contributed by atoms with Crippen molar-refractivity contribution >= 4 is 24.2 Å². The molecule has 0 aromatic heterocycles. The molecule has 0 aliphatic heterocycles. The van der Waals surface area contributed by atoms with Gasteiger partial charge in [-0.1, -0.05) is 18.2 Å². The number of hydrogen-bond acceptors (Lipinski definition) is 1. The van der Waals surface area contributed by atoms with Crippen LogP contribution in [0.1, 0.15) is 24.0 Å². The van der Waals surface area contributed by atoms with Gasteiger partial charge in [-0.3, -0.25) is 0 Å². The zero-order valence-electron chi connectivity index (χ0n) is 7.51. The van der Waals surface area contributed by atoms with Crippen LogP contribution in [0, 0.1) is 0 Å². The van der Waals surface area contributed by atoms with Gasteiger partial charge in [-0.05, 0) is 18.4 Å². The first-order valence-electron chi connectivity index (χ1n) is 4.31. The largest absolute Gasteiger partial charge is 0.264 e. The van der Waals surface area contributed by atoms with Gasteiger partial charge in [0.15, 0.2) is 0 Å². The van der Waals surface area contributed by atoms with E-state index >= 15 is 0 Å². The highest BCUT2D eigenvalue weighted by molar-refractivity contribution is 7.80. The van der Waals surface area contributed by atoms with Crippen molar-refractivity contribution in [1.82, 2.24) is 0 Å². The maximum atomic E-state index is 12.5. The maximum Gasteiger partial charge on any atom is 0.264 e. The minimum atomic E-state index is -2.46. The van der Waals surface area contributed by atoms with Gasteiger partial charge in [-0.2, -0.15) is 0 Å². The standard InChI is InChI=1S/C10H11ClF2S/c11-6-2-4-7-3-1-5-8(9(7)14)10(12)13/h1,3,5,10,14H,2,4,6H2. The molecule has 1 aromatic carbocycles. The van der Waals surface area contributed by atoms with E-state index in [0.717, 1.165) is 12.0 Å². The first-order chi connectivity index (χ1) is 6.66. The first-order valence-corrected chi connectivity index (χ1v) is 5.30. The summed E-state index contributed by atoms with van der Waals surface area (Å²) in [6, 6.07) is 4.84. The van der Waals surface area contributed by atoms with Crippen molar-refractivity contribution in [3.05, 3.63) is 29.3 Å². The molecule has 0 amide bonds. The van der Waals surface area contributed by atoms with Gasteiger partial charge in [-0.15, -0.1) is 24.2 Å². The van der Waals surface area contributed by atoms with E-state index in [-0.39, 0.29) is 5.56 Å². The predicted molar refractivity (Wildman–Crippen MR) is 57.7 cm³/mol. The molecule has 0 radical (unpaired) electrons. The lowest BCUT2D eigenvalue weighted by atomic mass is 10.1. The Morgan fingerprint density at radius 3 is 2.64 bits per heavy atom. The molecule has 0 heterocycles. The molecule has 0 nitrogen and oxygen atoms in total. The predicted octanol–water partition coefficient (Wildman–Crippen LogP) is 4.08. The smallest absolute Gasteiger partial charge is 0.205 e. The third-order valence-electron chi connectivity index (χ3n) is 1.97. The molecular formula is C10H11ClF2S. The molecule has 4 heteroatoms. The fraction of sp³-hybridized carbons (Fsp3) is 0.400. The van der Waals surface area contributed by atoms with Crippen molar-refractivity contribution < 1.29 is 8.78 Å². The van der Waals surface area contributed by atoms with Gasteiger partial charge >= 0.3 is 0 Å². The summed E-state index contributed by atoms with van der Waals surface area (Å²) in [5, 5.41) is 0. The van der Waals surface area contributed by atoms with Crippen LogP contribution < -0.4 is 0 Å². The molecule has 78 valence electrons. The van der Waals surface area contributed by atoms with E-state index in [4.69, 9.17) is 11.6 Å². The normalized spacial score (nSPS) is 10.9. The van der Waals surface area contributed by atoms with Crippen LogP contribution in [0.5, 0.6) is 0 Å². The summed E-state index contributed by atoms with van der Waals surface area (Å²) >= 11 is 9.63. The van der Waals surface area contributed by atoms with Crippen molar-refractivity contribution in [1.29, 1.82) is 0 Å². The molecule has 0 aliphatic rings. The third kappa shape index (κ3) is 2.85. The Morgan fingerprint density at radius 2 is 2.07 bits per heavy atom. The number of rotatable bonds is 4. The quantitative estimate of drug-likeness (QED) is 0.591. The minimum absolute atomic E-state index is 0.000376. The molecule has 1 rings (SSSR count). The highest BCUT2D eigenvalue weighted by Crippen LogP contribution is 2.28. The minimum Gasteiger partial charge on any atom is -0.205 e. The Labute approximate surface area is 92.7 Å². The van der Waals surface area contributed by atoms with Crippen molar-refractivity contribution in [2.45, 2.75) is 24.2 Å². The number of thiol groups is 1. The van der Waals surface area contributed by atoms with Crippen LogP contribution in [-0.2, 0) is 6.42 Å². The molecule has 0 bridgehead atoms. The summed E-state index contributed by atoms with van der Waals surface area (Å²) < 4.78 is 24.9. The lowest BCUT2D eigenvalue weighted by Crippen LogP contribution is -1.94. The second-order valence-corrected chi connectivity index (χ2v) is 3.77. The highest BCUT2D eigenvalue weighted by atomic mass is 35.5. The fourth-order valence-electron chi connectivity index (χ4n) is 1.25. The second kappa shape index (κ2) is 5.56. The average Bonchev–Trinajstić information content (AvgIpc) is 2.16. The summed E-state index contributed by atoms with van der Waals surface area (Å²) in [5.41, 5.74) is 0.840. The topological polar surface area (TPSA) is 0 Å². The van der Waals surface area contributed by atoms with Crippen molar-refractivity contribution in [3.8, 4) is 0 Å². The summed E-state index contributed by atoms with van der Waals surface area (Å²) in [4.78, 5) is 0.396. The first kappa shape index (κ1) is 11.8. The van der Waals surface area contributed by atoms with Gasteiger partial charge in [0.25, 0.3) is 6.43 Å². The summed E-state index contributed by atoms with van der Waals surface area (Å²) in [6.07, 6.45) is -0.983. The summed E-state index contributed by atoms with van der Waals surface area (Å²) in [6.45, 7) is 0. The van der Waals surface area contributed by atoms with E-state index in [1.54, 1.807) is 12.1 Å². The zero-order chi connectivity index (χ0) is 10.6. The lowest BCUT2D eigenvalue weighted by Gasteiger charge is -2.08. The van der Waals surface area contributed by atoms with Crippen LogP contribution in [0.25, 0.3) is 0 Å². The molecule has 0 saturated heterocycles. The van der Waals surface area contributed by atoms with Gasteiger partial charge in [0.2, 0.25) is 0 Å². The second-order valence-electron chi connectivity index (χ2n) is 2.95. The Morgan fingerprint density at radius 1 is 1.36 bits per heavy atom. The van der Waals surface area contributed by atoms with E-state index < -0.39 is 6.43 Å². The molecular weight excluding hydrogens is 226 g/mol. The Balaban J connectivity index is 2.89. The fourth-order valence-corrected chi connectivity index (χ4v) is 1.74. The number of halogens is 3. The number of benzene rings is 1. The van der Waals surface area contributed by atoms with Crippen molar-refractivity contribution in [2.75, 3.05) is 5.88 Å². The third-order valence-corrected chi connectivity index (χ3v) is 2.78. The van der Waals surface area contributed by atoms with Gasteiger partial charge < -0.3 is 0 Å². The number of aryl methyl sites for hydroxylation is 1. The molecule has 1 aromatic rings. The Hall–Kier alpha value is -0.280. The van der Waals surface area contributed by atoms with Crippen LogP contribution in [0.15, 0.2) is 23.1 Å². The van der Waals surface area contributed by atoms with E-state index in [2.05, 4.69) is 12.6 Å². The van der Waals surface area contributed by atoms with E-state index in [1.165, 1.54) is 6.07 Å². The van der Waals surface area contributed by atoms with Gasteiger partial charge in [0.1, 0.15) is 0 Å². The van der Waals surface area contributed by atoms with Gasteiger partial charge in [-0.25, -0.2) is 8.78 Å². The molecule has 0 aliphatic carbocycles. The molecule has 0 spiro atoms. The molecule has 0 atom stereocenters. The van der Waals surface area contributed by atoms with E-state index in [9.17, 15) is 8.78 Å². The molecule has 0 unspecified atom stereocenters. The van der Waals surface area contributed by atoms with Crippen LogP contribution in [0.2, 0.25) is 0 Å². The zero-order valence-corrected chi connectivity index (χ0v) is 9.16. The van der Waals surface area contributed by atoms with Crippen LogP contribution in [0.4, 0.5) is 8.78 Å². The summed E-state index contributed by atoms with van der Waals surface area (Å²) in [7, 11) is 0. The van der Waals surface area contributed by atoms with Crippen LogP contribution in [-0.4, -0.2) is 5.88 Å². The SMILES string of the molecule is FC(F)c1cccc(CCCCl)c1S. The molecule has 0 fully saturated rings. The highest BCUT2D eigenvalue weighted by Gasteiger charge is 2.12. The van der Waals surface area contributed by atoms with Crippen molar-refractivity contribution in [3.63, 3.8) is 0 Å². The Kier molecular flexibility index (Phi) is 4.69. The molecule has 0 N–H and O–H groups in total. The van der Waals surface area contributed by atoms with Crippen molar-refractivity contribution in [2.24, 2.45) is 0 Å². The number of alkyl halides is 3. The van der Waals surface area contributed by atoms with Gasteiger partial charge in [0.05, 0.1) is 0 Å². The average molecular weight is 237 g/mol. The molecule has 0 saturated carbocycles. The lowest BCUT2D eigenvalue weighted by molar-refractivity contribution is 0.148. The van der Waals surface area contributed by atoms with E-state index in [0.29, 0.717) is 17.2 Å². The Bertz CT molecular complexity index is 302. The maximum absolute atomic E-state index is 12.5. The summed E-state index contributed by atoms with van der Waals surface area (Å²) in [5.74, 6) is 0.534. The van der Waals surface area contributed by atoms with E-state index in [1.807, 2.05) is 0 Å². The monoisotopic (exact) mass is 236 g/mol. The van der Waals surface area contributed by atoms with Crippen LogP contribution >= 0.6 is 24.2 Å². The van der Waals surface area contributed by atoms with Gasteiger partial charge in [0, 0.05) is 16.3 Å². The molecule has 14 heavy (non-hydrogen) atoms. The van der Waals surface area contributed by atoms with Crippen LogP contribution in [0.3, 0.4) is 0 Å². The number of hydrogen-bond donors (Lipinski definition) is 1.